The number of nitrogens with two attached hydrogens (primary N) is 1. The Morgan fingerprint density at radius 2 is 2.33 bits per heavy atom. The van der Waals surface area contributed by atoms with Gasteiger partial charge < -0.3 is 20.5 Å². The van der Waals surface area contributed by atoms with Gasteiger partial charge in [0.1, 0.15) is 5.69 Å². The first kappa shape index (κ1) is 15.2. The number of ether oxygens (including phenoxy) is 1. The lowest BCUT2D eigenvalue weighted by Gasteiger charge is -2.37. The Morgan fingerprint density at radius 3 is 2.90 bits per heavy atom. The van der Waals surface area contributed by atoms with Crippen LogP contribution in [0.25, 0.3) is 0 Å². The second-order valence-corrected chi connectivity index (χ2v) is 4.98. The van der Waals surface area contributed by atoms with Gasteiger partial charge in [-0.1, -0.05) is 0 Å². The van der Waals surface area contributed by atoms with Gasteiger partial charge in [-0.3, -0.25) is 14.9 Å². The Bertz CT molecular complexity index is 563. The number of carbonyl (C=O) groups excluding carboxylic acids is 1. The highest BCUT2D eigenvalue weighted by Crippen LogP contribution is 2.24. The zero-order chi connectivity index (χ0) is 15.6. The van der Waals surface area contributed by atoms with Crippen molar-refractivity contribution in [3.05, 3.63) is 33.9 Å². The minimum atomic E-state index is -0.595. The van der Waals surface area contributed by atoms with Crippen LogP contribution in [0.1, 0.15) is 17.3 Å². The number of carbonyl (C=O) groups is 1. The molecule has 21 heavy (non-hydrogen) atoms. The van der Waals surface area contributed by atoms with Gasteiger partial charge >= 0.3 is 0 Å². The monoisotopic (exact) mass is 295 g/mol. The number of anilines is 1. The zero-order valence-corrected chi connectivity index (χ0v) is 11.6. The van der Waals surface area contributed by atoms with Crippen molar-refractivity contribution in [2.75, 3.05) is 25.5 Å². The van der Waals surface area contributed by atoms with E-state index in [1.807, 2.05) is 6.92 Å². The molecule has 0 spiro atoms. The number of nitro groups is 1. The number of nitrogen functional groups attached to an aromatic ring is 1. The molecule has 1 aliphatic heterocycles. The SMILES string of the molecule is CC1COC(CO)CN1C(=O)c1ccc([N+](=O)[O-])c(N)c1. The number of hydrogen-bond donors (Lipinski definition) is 2. The molecule has 2 atom stereocenters. The van der Waals surface area contributed by atoms with Crippen molar-refractivity contribution in [2.24, 2.45) is 0 Å². The van der Waals surface area contributed by atoms with Crippen molar-refractivity contribution in [3.63, 3.8) is 0 Å². The summed E-state index contributed by atoms with van der Waals surface area (Å²) in [5, 5.41) is 19.9. The van der Waals surface area contributed by atoms with Crippen molar-refractivity contribution < 1.29 is 19.6 Å². The first-order valence-corrected chi connectivity index (χ1v) is 6.51. The Morgan fingerprint density at radius 1 is 1.62 bits per heavy atom. The average Bonchev–Trinajstić information content (AvgIpc) is 2.46. The van der Waals surface area contributed by atoms with Crippen molar-refractivity contribution >= 4 is 17.3 Å². The first-order chi connectivity index (χ1) is 9.93. The summed E-state index contributed by atoms with van der Waals surface area (Å²) in [5.74, 6) is -0.286. The van der Waals surface area contributed by atoms with Crippen molar-refractivity contribution in [2.45, 2.75) is 19.1 Å². The fourth-order valence-corrected chi connectivity index (χ4v) is 2.23. The van der Waals surface area contributed by atoms with E-state index >= 15 is 0 Å². The number of amides is 1. The van der Waals surface area contributed by atoms with Crippen molar-refractivity contribution in [3.8, 4) is 0 Å². The van der Waals surface area contributed by atoms with E-state index in [2.05, 4.69) is 0 Å². The largest absolute Gasteiger partial charge is 0.394 e. The van der Waals surface area contributed by atoms with Crippen LogP contribution in [0.15, 0.2) is 18.2 Å². The lowest BCUT2D eigenvalue weighted by molar-refractivity contribution is -0.383. The minimum Gasteiger partial charge on any atom is -0.394 e. The van der Waals surface area contributed by atoms with Gasteiger partial charge in [0, 0.05) is 18.2 Å². The summed E-state index contributed by atoms with van der Waals surface area (Å²) >= 11 is 0. The van der Waals surface area contributed by atoms with Gasteiger partial charge in [0.05, 0.1) is 30.3 Å². The van der Waals surface area contributed by atoms with E-state index in [4.69, 9.17) is 15.6 Å². The normalized spacial score (nSPS) is 22.1. The molecule has 8 heteroatoms. The van der Waals surface area contributed by atoms with E-state index in [1.165, 1.54) is 18.2 Å². The summed E-state index contributed by atoms with van der Waals surface area (Å²) in [4.78, 5) is 24.2. The summed E-state index contributed by atoms with van der Waals surface area (Å²) < 4.78 is 5.37. The summed E-state index contributed by atoms with van der Waals surface area (Å²) in [6, 6.07) is 3.76. The van der Waals surface area contributed by atoms with Crippen LogP contribution in [-0.2, 0) is 4.74 Å². The number of nitrogens with zero attached hydrogens (tertiary/aromatic N) is 2. The first-order valence-electron chi connectivity index (χ1n) is 6.51. The molecular weight excluding hydrogens is 278 g/mol. The number of benzene rings is 1. The molecule has 3 N–H and O–H groups in total. The van der Waals surface area contributed by atoms with Gasteiger partial charge in [0.2, 0.25) is 0 Å². The summed E-state index contributed by atoms with van der Waals surface area (Å²) in [6.45, 7) is 2.27. The molecule has 8 nitrogen and oxygen atoms in total. The predicted octanol–water partition coefficient (Wildman–Crippen LogP) is 0.399. The molecule has 1 fully saturated rings. The quantitative estimate of drug-likeness (QED) is 0.473. The summed E-state index contributed by atoms with van der Waals surface area (Å²) in [7, 11) is 0. The minimum absolute atomic E-state index is 0.0505. The van der Waals surface area contributed by atoms with Crippen LogP contribution in [-0.4, -0.2) is 52.7 Å². The maximum absolute atomic E-state index is 12.5. The third-order valence-corrected chi connectivity index (χ3v) is 3.44. The fraction of sp³-hybridized carbons (Fsp3) is 0.462. The standard InChI is InChI=1S/C13H17N3O5/c1-8-7-21-10(6-17)5-15(8)13(18)9-2-3-12(16(19)20)11(14)4-9/h2-4,8,10,17H,5-7,14H2,1H3. The Hall–Kier alpha value is -2.19. The van der Waals surface area contributed by atoms with Crippen LogP contribution >= 0.6 is 0 Å². The van der Waals surface area contributed by atoms with Crippen LogP contribution in [0.3, 0.4) is 0 Å². The lowest BCUT2D eigenvalue weighted by Crippen LogP contribution is -2.52. The molecule has 1 aliphatic rings. The Balaban J connectivity index is 2.22. The molecule has 0 radical (unpaired) electrons. The number of hydrogen-bond acceptors (Lipinski definition) is 6. The van der Waals surface area contributed by atoms with Gasteiger partial charge in [0.25, 0.3) is 11.6 Å². The number of morpholine rings is 1. The predicted molar refractivity (Wildman–Crippen MR) is 74.8 cm³/mol. The van der Waals surface area contributed by atoms with Gasteiger partial charge in [-0.25, -0.2) is 0 Å². The van der Waals surface area contributed by atoms with Gasteiger partial charge in [0.15, 0.2) is 0 Å². The fourth-order valence-electron chi connectivity index (χ4n) is 2.23. The third kappa shape index (κ3) is 3.11. The molecule has 1 amide bonds. The van der Waals surface area contributed by atoms with Crippen molar-refractivity contribution in [1.29, 1.82) is 0 Å². The molecule has 2 rings (SSSR count). The molecule has 2 unspecified atom stereocenters. The number of rotatable bonds is 3. The van der Waals surface area contributed by atoms with Gasteiger partial charge in [-0.15, -0.1) is 0 Å². The van der Waals surface area contributed by atoms with Crippen LogP contribution in [0.2, 0.25) is 0 Å². The van der Waals surface area contributed by atoms with Crippen LogP contribution < -0.4 is 5.73 Å². The third-order valence-electron chi connectivity index (χ3n) is 3.44. The van der Waals surface area contributed by atoms with E-state index in [-0.39, 0.29) is 42.0 Å². The van der Waals surface area contributed by atoms with Crippen LogP contribution in [0, 0.1) is 10.1 Å². The highest BCUT2D eigenvalue weighted by atomic mass is 16.6. The maximum Gasteiger partial charge on any atom is 0.292 e. The highest BCUT2D eigenvalue weighted by Gasteiger charge is 2.30. The molecular formula is C13H17N3O5. The smallest absolute Gasteiger partial charge is 0.292 e. The lowest BCUT2D eigenvalue weighted by atomic mass is 10.1. The molecule has 114 valence electrons. The molecule has 0 saturated carbocycles. The summed E-state index contributed by atoms with van der Waals surface area (Å²) in [5.41, 5.74) is 5.60. The molecule has 0 aromatic heterocycles. The Kier molecular flexibility index (Phi) is 4.39. The Labute approximate surface area is 121 Å². The van der Waals surface area contributed by atoms with Crippen molar-refractivity contribution in [1.82, 2.24) is 4.90 Å². The van der Waals surface area contributed by atoms with E-state index in [0.29, 0.717) is 6.61 Å². The number of nitro benzene ring substituents is 1. The van der Waals surface area contributed by atoms with E-state index in [0.717, 1.165) is 0 Å². The molecule has 1 saturated heterocycles. The molecule has 0 bridgehead atoms. The van der Waals surface area contributed by atoms with E-state index in [1.54, 1.807) is 4.90 Å². The maximum atomic E-state index is 12.5. The van der Waals surface area contributed by atoms with Gasteiger partial charge in [-0.2, -0.15) is 0 Å². The van der Waals surface area contributed by atoms with E-state index < -0.39 is 11.0 Å². The highest BCUT2D eigenvalue weighted by molar-refractivity contribution is 5.96. The summed E-state index contributed by atoms with van der Waals surface area (Å²) in [6.07, 6.45) is -0.416. The second-order valence-electron chi connectivity index (χ2n) is 4.98. The average molecular weight is 295 g/mol. The van der Waals surface area contributed by atoms with Gasteiger partial charge in [-0.05, 0) is 19.1 Å². The topological polar surface area (TPSA) is 119 Å². The number of aliphatic hydroxyl groups is 1. The molecule has 0 aliphatic carbocycles. The van der Waals surface area contributed by atoms with Crippen LogP contribution in [0.4, 0.5) is 11.4 Å². The van der Waals surface area contributed by atoms with Crippen LogP contribution in [0.5, 0.6) is 0 Å². The molecule has 1 heterocycles. The molecule has 1 aromatic rings. The number of aliphatic hydroxyl groups excluding tert-OH is 1. The molecule has 1 aromatic carbocycles. The second kappa shape index (κ2) is 6.06. The van der Waals surface area contributed by atoms with E-state index in [9.17, 15) is 14.9 Å². The zero-order valence-electron chi connectivity index (χ0n) is 11.6.